The summed E-state index contributed by atoms with van der Waals surface area (Å²) in [6.45, 7) is 1.66. The normalized spacial score (nSPS) is 10.0. The van der Waals surface area contributed by atoms with Gasteiger partial charge in [-0.1, -0.05) is 23.7 Å². The van der Waals surface area contributed by atoms with Crippen molar-refractivity contribution in [3.8, 4) is 5.75 Å². The molecule has 0 fully saturated rings. The second-order valence-corrected chi connectivity index (χ2v) is 3.14. The molecule has 0 amide bonds. The van der Waals surface area contributed by atoms with Gasteiger partial charge in [0.2, 0.25) is 0 Å². The zero-order valence-corrected chi connectivity index (χ0v) is 8.47. The van der Waals surface area contributed by atoms with Crippen LogP contribution in [0.25, 0.3) is 0 Å². The van der Waals surface area contributed by atoms with Crippen LogP contribution in [-0.4, -0.2) is 20.2 Å². The number of rotatable bonds is 5. The maximum atomic E-state index is 5.90. The molecule has 0 aliphatic rings. The van der Waals surface area contributed by atoms with Crippen molar-refractivity contribution in [3.05, 3.63) is 29.3 Å². The summed E-state index contributed by atoms with van der Waals surface area (Å²) >= 11 is 5.90. The summed E-state index contributed by atoms with van der Waals surface area (Å²) in [7, 11) is 1.93. The highest BCUT2D eigenvalue weighted by Crippen LogP contribution is 2.22. The number of nitrogens with one attached hydrogen (secondary N) is 1. The molecule has 1 rings (SSSR count). The number of hydrogen-bond donors (Lipinski definition) is 1. The van der Waals surface area contributed by atoms with E-state index >= 15 is 0 Å². The predicted molar refractivity (Wildman–Crippen MR) is 55.5 cm³/mol. The minimum atomic E-state index is 0.673. The van der Waals surface area contributed by atoms with Gasteiger partial charge in [-0.05, 0) is 32.1 Å². The molecule has 0 spiro atoms. The molecule has 0 saturated carbocycles. The van der Waals surface area contributed by atoms with Crippen LogP contribution in [0, 0.1) is 0 Å². The smallest absolute Gasteiger partial charge is 0.137 e. The molecule has 0 aliphatic heterocycles. The third kappa shape index (κ3) is 3.66. The van der Waals surface area contributed by atoms with E-state index in [9.17, 15) is 0 Å². The van der Waals surface area contributed by atoms with Crippen LogP contribution in [0.5, 0.6) is 5.75 Å². The van der Waals surface area contributed by atoms with E-state index in [1.807, 2.05) is 31.3 Å². The van der Waals surface area contributed by atoms with Crippen LogP contribution in [0.1, 0.15) is 6.42 Å². The van der Waals surface area contributed by atoms with Crippen LogP contribution in [-0.2, 0) is 0 Å². The van der Waals surface area contributed by atoms with Crippen LogP contribution in [0.15, 0.2) is 24.3 Å². The summed E-state index contributed by atoms with van der Waals surface area (Å²) in [6, 6.07) is 7.51. The molecule has 0 heterocycles. The minimum Gasteiger partial charge on any atom is -0.492 e. The van der Waals surface area contributed by atoms with E-state index in [1.54, 1.807) is 0 Å². The summed E-state index contributed by atoms with van der Waals surface area (Å²) in [4.78, 5) is 0. The van der Waals surface area contributed by atoms with E-state index in [0.717, 1.165) is 18.7 Å². The van der Waals surface area contributed by atoms with E-state index in [4.69, 9.17) is 16.3 Å². The summed E-state index contributed by atoms with van der Waals surface area (Å²) in [5.41, 5.74) is 0. The third-order valence-corrected chi connectivity index (χ3v) is 1.98. The molecule has 0 aromatic heterocycles. The Morgan fingerprint density at radius 1 is 1.38 bits per heavy atom. The Morgan fingerprint density at radius 2 is 2.15 bits per heavy atom. The first kappa shape index (κ1) is 10.4. The molecular formula is C10H14ClNO. The van der Waals surface area contributed by atoms with Gasteiger partial charge in [0.1, 0.15) is 5.75 Å². The molecule has 0 bridgehead atoms. The SMILES string of the molecule is CNCCCOc1ccccc1Cl. The number of hydrogen-bond acceptors (Lipinski definition) is 2. The summed E-state index contributed by atoms with van der Waals surface area (Å²) in [5.74, 6) is 0.764. The molecule has 2 nitrogen and oxygen atoms in total. The Morgan fingerprint density at radius 3 is 2.85 bits per heavy atom. The lowest BCUT2D eigenvalue weighted by molar-refractivity contribution is 0.310. The predicted octanol–water partition coefficient (Wildman–Crippen LogP) is 2.33. The zero-order chi connectivity index (χ0) is 9.52. The van der Waals surface area contributed by atoms with Gasteiger partial charge in [-0.25, -0.2) is 0 Å². The highest BCUT2D eigenvalue weighted by atomic mass is 35.5. The topological polar surface area (TPSA) is 21.3 Å². The Balaban J connectivity index is 2.32. The van der Waals surface area contributed by atoms with Gasteiger partial charge in [0.15, 0.2) is 0 Å². The third-order valence-electron chi connectivity index (χ3n) is 1.67. The number of para-hydroxylation sites is 1. The highest BCUT2D eigenvalue weighted by Gasteiger charge is 1.97. The van der Waals surface area contributed by atoms with Gasteiger partial charge in [0.25, 0.3) is 0 Å². The van der Waals surface area contributed by atoms with Crippen molar-refractivity contribution in [1.29, 1.82) is 0 Å². The quantitative estimate of drug-likeness (QED) is 0.735. The fourth-order valence-electron chi connectivity index (χ4n) is 0.993. The molecule has 0 saturated heterocycles. The van der Waals surface area contributed by atoms with Crippen molar-refractivity contribution >= 4 is 11.6 Å². The van der Waals surface area contributed by atoms with Crippen LogP contribution in [0.4, 0.5) is 0 Å². The molecular weight excluding hydrogens is 186 g/mol. The Kier molecular flexibility index (Phi) is 4.65. The standard InChI is InChI=1S/C10H14ClNO/c1-12-7-4-8-13-10-6-3-2-5-9(10)11/h2-3,5-6,12H,4,7-8H2,1H3. The first-order valence-electron chi connectivity index (χ1n) is 4.36. The average molecular weight is 200 g/mol. The maximum Gasteiger partial charge on any atom is 0.137 e. The number of benzene rings is 1. The molecule has 1 aromatic carbocycles. The Labute approximate surface area is 83.9 Å². The summed E-state index contributed by atoms with van der Waals surface area (Å²) < 4.78 is 5.47. The largest absolute Gasteiger partial charge is 0.492 e. The first-order valence-corrected chi connectivity index (χ1v) is 4.74. The van der Waals surface area contributed by atoms with Gasteiger partial charge in [-0.2, -0.15) is 0 Å². The van der Waals surface area contributed by atoms with Crippen molar-refractivity contribution in [1.82, 2.24) is 5.32 Å². The van der Waals surface area contributed by atoms with Crippen LogP contribution >= 0.6 is 11.6 Å². The van der Waals surface area contributed by atoms with E-state index in [0.29, 0.717) is 11.6 Å². The van der Waals surface area contributed by atoms with E-state index < -0.39 is 0 Å². The van der Waals surface area contributed by atoms with Gasteiger partial charge in [0, 0.05) is 0 Å². The highest BCUT2D eigenvalue weighted by molar-refractivity contribution is 6.32. The lowest BCUT2D eigenvalue weighted by Gasteiger charge is -2.06. The molecule has 0 atom stereocenters. The molecule has 1 aromatic rings. The van der Waals surface area contributed by atoms with E-state index in [1.165, 1.54) is 0 Å². The fourth-order valence-corrected chi connectivity index (χ4v) is 1.18. The molecule has 0 unspecified atom stereocenters. The zero-order valence-electron chi connectivity index (χ0n) is 7.72. The molecule has 0 radical (unpaired) electrons. The first-order chi connectivity index (χ1) is 6.34. The number of halogens is 1. The second-order valence-electron chi connectivity index (χ2n) is 2.74. The van der Waals surface area contributed by atoms with Gasteiger partial charge >= 0.3 is 0 Å². The van der Waals surface area contributed by atoms with Crippen LogP contribution in [0.2, 0.25) is 5.02 Å². The van der Waals surface area contributed by atoms with Gasteiger partial charge < -0.3 is 10.1 Å². The van der Waals surface area contributed by atoms with E-state index in [-0.39, 0.29) is 0 Å². The number of ether oxygens (including phenoxy) is 1. The van der Waals surface area contributed by atoms with Crippen molar-refractivity contribution in [2.45, 2.75) is 6.42 Å². The molecule has 1 N–H and O–H groups in total. The monoisotopic (exact) mass is 199 g/mol. The Bertz CT molecular complexity index is 252. The molecule has 72 valence electrons. The van der Waals surface area contributed by atoms with Crippen molar-refractivity contribution < 1.29 is 4.74 Å². The average Bonchev–Trinajstić information content (AvgIpc) is 2.15. The minimum absolute atomic E-state index is 0.673. The van der Waals surface area contributed by atoms with Crippen molar-refractivity contribution in [2.24, 2.45) is 0 Å². The van der Waals surface area contributed by atoms with Crippen molar-refractivity contribution in [2.75, 3.05) is 20.2 Å². The maximum absolute atomic E-state index is 5.90. The summed E-state index contributed by atoms with van der Waals surface area (Å²) in [6.07, 6.45) is 0.988. The van der Waals surface area contributed by atoms with E-state index in [2.05, 4.69) is 5.32 Å². The van der Waals surface area contributed by atoms with Gasteiger partial charge in [-0.3, -0.25) is 0 Å². The molecule has 3 heteroatoms. The second kappa shape index (κ2) is 5.84. The molecule has 13 heavy (non-hydrogen) atoms. The van der Waals surface area contributed by atoms with Crippen LogP contribution < -0.4 is 10.1 Å². The summed E-state index contributed by atoms with van der Waals surface area (Å²) in [5, 5.41) is 3.73. The lowest BCUT2D eigenvalue weighted by Crippen LogP contribution is -2.11. The fraction of sp³-hybridized carbons (Fsp3) is 0.400. The van der Waals surface area contributed by atoms with Gasteiger partial charge in [0.05, 0.1) is 11.6 Å². The lowest BCUT2D eigenvalue weighted by atomic mass is 10.3. The van der Waals surface area contributed by atoms with Gasteiger partial charge in [-0.15, -0.1) is 0 Å². The van der Waals surface area contributed by atoms with Crippen molar-refractivity contribution in [3.63, 3.8) is 0 Å². The van der Waals surface area contributed by atoms with Crippen LogP contribution in [0.3, 0.4) is 0 Å². The Hall–Kier alpha value is -0.730. The molecule has 0 aliphatic carbocycles.